The molecule has 0 aliphatic carbocycles. The van der Waals surface area contributed by atoms with E-state index in [1.807, 2.05) is 0 Å². The molecule has 0 heterocycles. The third-order valence-corrected chi connectivity index (χ3v) is 3.52. The van der Waals surface area contributed by atoms with E-state index in [2.05, 4.69) is 31.6 Å². The van der Waals surface area contributed by atoms with Crippen LogP contribution in [0.1, 0.15) is 12.5 Å². The highest BCUT2D eigenvalue weighted by molar-refractivity contribution is 7.99. The molecule has 0 aliphatic rings. The van der Waals surface area contributed by atoms with Crippen molar-refractivity contribution in [3.05, 3.63) is 17.7 Å². The highest BCUT2D eigenvalue weighted by atomic mass is 32.2. The van der Waals surface area contributed by atoms with Gasteiger partial charge in [-0.3, -0.25) is 0 Å². The molecule has 1 nitrogen and oxygen atoms in total. The van der Waals surface area contributed by atoms with Gasteiger partial charge in [0.15, 0.2) is 0 Å². The van der Waals surface area contributed by atoms with Gasteiger partial charge in [-0.1, -0.05) is 6.92 Å². The zero-order valence-electron chi connectivity index (χ0n) is 8.26. The number of nitrogen functional groups attached to an aromatic ring is 1. The van der Waals surface area contributed by atoms with E-state index in [-0.39, 0.29) is 0 Å². The van der Waals surface area contributed by atoms with Gasteiger partial charge in [0.1, 0.15) is 0 Å². The first-order chi connectivity index (χ1) is 6.22. The summed E-state index contributed by atoms with van der Waals surface area (Å²) in [5, 5.41) is 0. The van der Waals surface area contributed by atoms with Gasteiger partial charge in [-0.2, -0.15) is 0 Å². The first kappa shape index (κ1) is 10.8. The van der Waals surface area contributed by atoms with Crippen LogP contribution in [0.5, 0.6) is 0 Å². The molecule has 0 unspecified atom stereocenters. The lowest BCUT2D eigenvalue weighted by Gasteiger charge is -2.10. The number of hydrogen-bond donors (Lipinski definition) is 1. The molecule has 1 rings (SSSR count). The van der Waals surface area contributed by atoms with E-state index in [1.54, 1.807) is 23.5 Å². The average molecular weight is 213 g/mol. The van der Waals surface area contributed by atoms with Gasteiger partial charge in [0.05, 0.1) is 0 Å². The molecule has 3 heteroatoms. The Morgan fingerprint density at radius 3 is 2.38 bits per heavy atom. The van der Waals surface area contributed by atoms with Gasteiger partial charge in [0.25, 0.3) is 0 Å². The van der Waals surface area contributed by atoms with E-state index in [4.69, 9.17) is 5.73 Å². The molecule has 0 spiro atoms. The lowest BCUT2D eigenvalue weighted by atomic mass is 10.1. The van der Waals surface area contributed by atoms with Crippen molar-refractivity contribution in [1.82, 2.24) is 0 Å². The summed E-state index contributed by atoms with van der Waals surface area (Å²) in [5.74, 6) is 0. The van der Waals surface area contributed by atoms with E-state index in [9.17, 15) is 0 Å². The summed E-state index contributed by atoms with van der Waals surface area (Å²) in [7, 11) is 0. The van der Waals surface area contributed by atoms with Crippen molar-refractivity contribution in [2.45, 2.75) is 23.1 Å². The lowest BCUT2D eigenvalue weighted by molar-refractivity contribution is 1.11. The van der Waals surface area contributed by atoms with E-state index in [0.29, 0.717) is 0 Å². The maximum absolute atomic E-state index is 6.00. The highest BCUT2D eigenvalue weighted by Crippen LogP contribution is 2.31. The van der Waals surface area contributed by atoms with E-state index >= 15 is 0 Å². The molecule has 0 aliphatic heterocycles. The summed E-state index contributed by atoms with van der Waals surface area (Å²) in [6, 6.07) is 4.34. The molecular formula is C10H15NS2. The second-order valence-corrected chi connectivity index (χ2v) is 4.48. The Hall–Kier alpha value is -0.280. The average Bonchev–Trinajstić information content (AvgIpc) is 2.18. The van der Waals surface area contributed by atoms with Gasteiger partial charge >= 0.3 is 0 Å². The number of benzene rings is 1. The Bertz CT molecular complexity index is 272. The molecular weight excluding hydrogens is 198 g/mol. The Kier molecular flexibility index (Phi) is 4.00. The van der Waals surface area contributed by atoms with Crippen LogP contribution in [-0.4, -0.2) is 12.5 Å². The first-order valence-corrected chi connectivity index (χ1v) is 6.68. The minimum atomic E-state index is 0.952. The fourth-order valence-electron chi connectivity index (χ4n) is 1.24. The van der Waals surface area contributed by atoms with Crippen molar-refractivity contribution in [3.63, 3.8) is 0 Å². The van der Waals surface area contributed by atoms with Crippen molar-refractivity contribution < 1.29 is 0 Å². The van der Waals surface area contributed by atoms with Crippen molar-refractivity contribution in [2.24, 2.45) is 0 Å². The molecule has 0 saturated heterocycles. The Morgan fingerprint density at radius 2 is 1.92 bits per heavy atom. The smallest absolute Gasteiger partial charge is 0.0485 e. The molecule has 0 fully saturated rings. The molecule has 0 aromatic heterocycles. The maximum atomic E-state index is 6.00. The second kappa shape index (κ2) is 4.82. The van der Waals surface area contributed by atoms with Crippen LogP contribution in [0.4, 0.5) is 5.69 Å². The van der Waals surface area contributed by atoms with Gasteiger partial charge in [0.2, 0.25) is 0 Å². The maximum Gasteiger partial charge on any atom is 0.0485 e. The van der Waals surface area contributed by atoms with Crippen molar-refractivity contribution in [3.8, 4) is 0 Å². The molecule has 0 atom stereocenters. The van der Waals surface area contributed by atoms with Crippen LogP contribution in [0.2, 0.25) is 0 Å². The molecule has 0 saturated carbocycles. The lowest BCUT2D eigenvalue weighted by Crippen LogP contribution is -1.95. The fourth-order valence-corrected chi connectivity index (χ4v) is 2.40. The van der Waals surface area contributed by atoms with Crippen LogP contribution in [0.3, 0.4) is 0 Å². The van der Waals surface area contributed by atoms with Gasteiger partial charge in [-0.05, 0) is 36.6 Å². The summed E-state index contributed by atoms with van der Waals surface area (Å²) >= 11 is 3.48. The van der Waals surface area contributed by atoms with Gasteiger partial charge in [-0.15, -0.1) is 23.5 Å². The van der Waals surface area contributed by atoms with Crippen molar-refractivity contribution in [1.29, 1.82) is 0 Å². The predicted octanol–water partition coefficient (Wildman–Crippen LogP) is 3.28. The third-order valence-electron chi connectivity index (χ3n) is 2.04. The van der Waals surface area contributed by atoms with Crippen LogP contribution >= 0.6 is 23.5 Å². The minimum absolute atomic E-state index is 0.952. The number of anilines is 1. The van der Waals surface area contributed by atoms with Crippen LogP contribution in [0, 0.1) is 0 Å². The predicted molar refractivity (Wildman–Crippen MR) is 63.8 cm³/mol. The van der Waals surface area contributed by atoms with E-state index in [1.165, 1.54) is 15.4 Å². The van der Waals surface area contributed by atoms with Gasteiger partial charge in [-0.25, -0.2) is 0 Å². The Morgan fingerprint density at radius 1 is 1.23 bits per heavy atom. The quantitative estimate of drug-likeness (QED) is 0.616. The van der Waals surface area contributed by atoms with Gasteiger partial charge in [0, 0.05) is 15.5 Å². The largest absolute Gasteiger partial charge is 0.398 e. The van der Waals surface area contributed by atoms with Crippen LogP contribution in [0.15, 0.2) is 21.9 Å². The molecule has 72 valence electrons. The molecule has 0 radical (unpaired) electrons. The fraction of sp³-hybridized carbons (Fsp3) is 0.400. The minimum Gasteiger partial charge on any atom is -0.398 e. The number of rotatable bonds is 3. The molecule has 1 aromatic carbocycles. The second-order valence-electron chi connectivity index (χ2n) is 2.76. The number of hydrogen-bond acceptors (Lipinski definition) is 3. The monoisotopic (exact) mass is 213 g/mol. The zero-order chi connectivity index (χ0) is 9.84. The van der Waals surface area contributed by atoms with Crippen LogP contribution < -0.4 is 5.73 Å². The van der Waals surface area contributed by atoms with Crippen molar-refractivity contribution in [2.75, 3.05) is 18.2 Å². The number of aryl methyl sites for hydroxylation is 1. The summed E-state index contributed by atoms with van der Waals surface area (Å²) in [6.45, 7) is 2.14. The molecule has 2 N–H and O–H groups in total. The Balaban J connectivity index is 3.20. The zero-order valence-corrected chi connectivity index (χ0v) is 9.89. The number of nitrogens with two attached hydrogens (primary N) is 1. The summed E-state index contributed by atoms with van der Waals surface area (Å²) < 4.78 is 0. The normalized spacial score (nSPS) is 10.4. The summed E-state index contributed by atoms with van der Waals surface area (Å²) in [6.07, 6.45) is 5.16. The summed E-state index contributed by atoms with van der Waals surface area (Å²) in [5.41, 5.74) is 8.21. The van der Waals surface area contributed by atoms with Crippen LogP contribution in [-0.2, 0) is 6.42 Å². The van der Waals surface area contributed by atoms with Crippen molar-refractivity contribution >= 4 is 29.2 Å². The SMILES string of the molecule is CCc1cc(SC)cc(SC)c1N. The highest BCUT2D eigenvalue weighted by Gasteiger charge is 2.05. The first-order valence-electron chi connectivity index (χ1n) is 4.23. The Labute approximate surface area is 88.5 Å². The van der Waals surface area contributed by atoms with Gasteiger partial charge < -0.3 is 5.73 Å². The van der Waals surface area contributed by atoms with E-state index < -0.39 is 0 Å². The topological polar surface area (TPSA) is 26.0 Å². The molecule has 1 aromatic rings. The molecule has 13 heavy (non-hydrogen) atoms. The number of thioether (sulfide) groups is 2. The van der Waals surface area contributed by atoms with E-state index in [0.717, 1.165) is 12.1 Å². The summed E-state index contributed by atoms with van der Waals surface area (Å²) in [4.78, 5) is 2.50. The molecule has 0 amide bonds. The molecule has 0 bridgehead atoms. The standard InChI is InChI=1S/C10H15NS2/c1-4-7-5-8(12-2)6-9(13-3)10(7)11/h5-6H,4,11H2,1-3H3. The van der Waals surface area contributed by atoms with Crippen LogP contribution in [0.25, 0.3) is 0 Å². The third kappa shape index (κ3) is 2.35.